The zero-order valence-electron chi connectivity index (χ0n) is 8.85. The van der Waals surface area contributed by atoms with Crippen LogP contribution in [0.1, 0.15) is 25.3 Å². The number of aryl methyl sites for hydroxylation is 1. The standard InChI is InChI=1S/C11H17N3O/c15-11-13(4-3-9-7-12-8-9)5-6-14(11)10-1-2-10/h5-6,9-10,12H,1-4,7-8H2. The molecule has 1 aliphatic heterocycles. The van der Waals surface area contributed by atoms with Crippen LogP contribution in [0.2, 0.25) is 0 Å². The molecular formula is C11H17N3O. The summed E-state index contributed by atoms with van der Waals surface area (Å²) in [4.78, 5) is 11.9. The molecule has 0 unspecified atom stereocenters. The maximum absolute atomic E-state index is 11.9. The van der Waals surface area contributed by atoms with Gasteiger partial charge in [0, 0.05) is 25.0 Å². The van der Waals surface area contributed by atoms with Crippen molar-refractivity contribution in [2.45, 2.75) is 31.8 Å². The molecule has 0 spiro atoms. The van der Waals surface area contributed by atoms with Crippen molar-refractivity contribution in [2.75, 3.05) is 13.1 Å². The molecule has 2 heterocycles. The Labute approximate surface area is 88.9 Å². The summed E-state index contributed by atoms with van der Waals surface area (Å²) < 4.78 is 3.75. The topological polar surface area (TPSA) is 39.0 Å². The first-order valence-corrected chi connectivity index (χ1v) is 5.82. The third kappa shape index (κ3) is 1.74. The number of hydrogen-bond donors (Lipinski definition) is 1. The highest BCUT2D eigenvalue weighted by atomic mass is 16.1. The van der Waals surface area contributed by atoms with Crippen molar-refractivity contribution >= 4 is 0 Å². The zero-order chi connectivity index (χ0) is 10.3. The Bertz CT molecular complexity index is 398. The van der Waals surface area contributed by atoms with Gasteiger partial charge in [0.05, 0.1) is 0 Å². The van der Waals surface area contributed by atoms with Crippen LogP contribution < -0.4 is 11.0 Å². The number of aromatic nitrogens is 2. The van der Waals surface area contributed by atoms with Gasteiger partial charge in [0.25, 0.3) is 0 Å². The molecule has 1 saturated carbocycles. The molecule has 0 bridgehead atoms. The quantitative estimate of drug-likeness (QED) is 0.785. The fraction of sp³-hybridized carbons (Fsp3) is 0.727. The molecule has 0 radical (unpaired) electrons. The number of rotatable bonds is 4. The van der Waals surface area contributed by atoms with Crippen LogP contribution in [0.5, 0.6) is 0 Å². The van der Waals surface area contributed by atoms with Gasteiger partial charge in [0.2, 0.25) is 0 Å². The predicted molar refractivity (Wildman–Crippen MR) is 57.9 cm³/mol. The molecule has 2 fully saturated rings. The summed E-state index contributed by atoms with van der Waals surface area (Å²) in [6, 6.07) is 0.504. The smallest absolute Gasteiger partial charge is 0.316 e. The predicted octanol–water partition coefficient (Wildman–Crippen LogP) is 0.594. The second kappa shape index (κ2) is 3.52. The summed E-state index contributed by atoms with van der Waals surface area (Å²) in [6.45, 7) is 3.13. The van der Waals surface area contributed by atoms with Crippen LogP contribution in [0.4, 0.5) is 0 Å². The molecule has 0 atom stereocenters. The van der Waals surface area contributed by atoms with E-state index in [1.807, 2.05) is 21.5 Å². The first-order chi connectivity index (χ1) is 7.34. The van der Waals surface area contributed by atoms with E-state index in [0.29, 0.717) is 6.04 Å². The van der Waals surface area contributed by atoms with Crippen molar-refractivity contribution in [1.29, 1.82) is 0 Å². The normalized spacial score (nSPS) is 21.6. The SMILES string of the molecule is O=c1n(CCC2CNC2)ccn1C1CC1. The number of hydrogen-bond acceptors (Lipinski definition) is 2. The van der Waals surface area contributed by atoms with E-state index in [2.05, 4.69) is 5.32 Å². The first kappa shape index (κ1) is 9.21. The molecule has 4 heteroatoms. The molecule has 15 heavy (non-hydrogen) atoms. The van der Waals surface area contributed by atoms with Crippen LogP contribution >= 0.6 is 0 Å². The van der Waals surface area contributed by atoms with Gasteiger partial charge < -0.3 is 5.32 Å². The minimum Gasteiger partial charge on any atom is -0.316 e. The Morgan fingerprint density at radius 1 is 1.33 bits per heavy atom. The van der Waals surface area contributed by atoms with Crippen LogP contribution in [0.3, 0.4) is 0 Å². The first-order valence-electron chi connectivity index (χ1n) is 5.82. The Kier molecular flexibility index (Phi) is 2.16. The van der Waals surface area contributed by atoms with Crippen molar-refractivity contribution in [3.8, 4) is 0 Å². The fourth-order valence-corrected chi connectivity index (χ4v) is 2.10. The van der Waals surface area contributed by atoms with E-state index in [1.54, 1.807) is 0 Å². The van der Waals surface area contributed by atoms with Gasteiger partial charge in [0.1, 0.15) is 0 Å². The fourth-order valence-electron chi connectivity index (χ4n) is 2.10. The van der Waals surface area contributed by atoms with Crippen molar-refractivity contribution in [2.24, 2.45) is 5.92 Å². The summed E-state index contributed by atoms with van der Waals surface area (Å²) in [7, 11) is 0. The molecule has 82 valence electrons. The van der Waals surface area contributed by atoms with Crippen LogP contribution in [-0.2, 0) is 6.54 Å². The van der Waals surface area contributed by atoms with E-state index in [-0.39, 0.29) is 5.69 Å². The van der Waals surface area contributed by atoms with Crippen LogP contribution in [0.25, 0.3) is 0 Å². The monoisotopic (exact) mass is 207 g/mol. The minimum absolute atomic E-state index is 0.185. The van der Waals surface area contributed by atoms with Crippen molar-refractivity contribution in [3.63, 3.8) is 0 Å². The lowest BCUT2D eigenvalue weighted by molar-refractivity contribution is 0.310. The van der Waals surface area contributed by atoms with Crippen LogP contribution in [-0.4, -0.2) is 22.2 Å². The van der Waals surface area contributed by atoms with Crippen molar-refractivity contribution < 1.29 is 0 Å². The van der Waals surface area contributed by atoms with Gasteiger partial charge in [-0.05, 0) is 38.3 Å². The Morgan fingerprint density at radius 3 is 2.73 bits per heavy atom. The summed E-state index contributed by atoms with van der Waals surface area (Å²) in [6.07, 6.45) is 7.36. The molecule has 1 saturated heterocycles. The number of nitrogens with zero attached hydrogens (tertiary/aromatic N) is 2. The second-order valence-electron chi connectivity index (χ2n) is 4.73. The van der Waals surface area contributed by atoms with E-state index in [4.69, 9.17) is 0 Å². The van der Waals surface area contributed by atoms with Gasteiger partial charge >= 0.3 is 5.69 Å². The zero-order valence-corrected chi connectivity index (χ0v) is 8.85. The Morgan fingerprint density at radius 2 is 2.13 bits per heavy atom. The molecule has 0 aromatic carbocycles. The van der Waals surface area contributed by atoms with E-state index >= 15 is 0 Å². The van der Waals surface area contributed by atoms with E-state index in [0.717, 1.165) is 32.0 Å². The number of imidazole rings is 1. The average Bonchev–Trinajstić information content (AvgIpc) is 2.92. The lowest BCUT2D eigenvalue weighted by Crippen LogP contribution is -2.42. The summed E-state index contributed by atoms with van der Waals surface area (Å²) in [5, 5.41) is 3.25. The van der Waals surface area contributed by atoms with E-state index in [1.165, 1.54) is 12.8 Å². The third-order valence-corrected chi connectivity index (χ3v) is 3.46. The molecule has 4 nitrogen and oxygen atoms in total. The molecule has 1 N–H and O–H groups in total. The van der Waals surface area contributed by atoms with E-state index < -0.39 is 0 Å². The lowest BCUT2D eigenvalue weighted by Gasteiger charge is -2.26. The maximum atomic E-state index is 11.9. The van der Waals surface area contributed by atoms with Crippen molar-refractivity contribution in [1.82, 2.24) is 14.5 Å². The van der Waals surface area contributed by atoms with Crippen LogP contribution in [0, 0.1) is 5.92 Å². The van der Waals surface area contributed by atoms with Gasteiger partial charge in [-0.2, -0.15) is 0 Å². The summed E-state index contributed by atoms with van der Waals surface area (Å²) >= 11 is 0. The summed E-state index contributed by atoms with van der Waals surface area (Å²) in [5.74, 6) is 0.779. The minimum atomic E-state index is 0.185. The molecule has 0 amide bonds. The van der Waals surface area contributed by atoms with Crippen LogP contribution in [0.15, 0.2) is 17.2 Å². The molecule has 1 aromatic heterocycles. The second-order valence-corrected chi connectivity index (χ2v) is 4.73. The largest absolute Gasteiger partial charge is 0.328 e. The molecular weight excluding hydrogens is 190 g/mol. The Hall–Kier alpha value is -1.03. The maximum Gasteiger partial charge on any atom is 0.328 e. The van der Waals surface area contributed by atoms with Crippen molar-refractivity contribution in [3.05, 3.63) is 22.9 Å². The molecule has 3 rings (SSSR count). The van der Waals surface area contributed by atoms with Gasteiger partial charge in [-0.3, -0.25) is 9.13 Å². The third-order valence-electron chi connectivity index (χ3n) is 3.46. The van der Waals surface area contributed by atoms with Gasteiger partial charge in [-0.15, -0.1) is 0 Å². The molecule has 1 aliphatic carbocycles. The summed E-state index contributed by atoms with van der Waals surface area (Å²) in [5.41, 5.74) is 0.185. The average molecular weight is 207 g/mol. The highest BCUT2D eigenvalue weighted by Crippen LogP contribution is 2.33. The Balaban J connectivity index is 1.66. The van der Waals surface area contributed by atoms with E-state index in [9.17, 15) is 4.79 Å². The lowest BCUT2D eigenvalue weighted by atomic mass is 10.00. The number of nitrogens with one attached hydrogen (secondary N) is 1. The molecule has 2 aliphatic rings. The van der Waals surface area contributed by atoms with Gasteiger partial charge in [-0.25, -0.2) is 4.79 Å². The highest BCUT2D eigenvalue weighted by molar-refractivity contribution is 4.91. The molecule has 1 aromatic rings. The van der Waals surface area contributed by atoms with Gasteiger partial charge in [-0.1, -0.05) is 0 Å². The highest BCUT2D eigenvalue weighted by Gasteiger charge is 2.25. The van der Waals surface area contributed by atoms with Gasteiger partial charge in [0.15, 0.2) is 0 Å².